The van der Waals surface area contributed by atoms with Crippen LogP contribution in [0.15, 0.2) is 48.5 Å². The largest absolute Gasteiger partial charge is 0.493 e. The Hall–Kier alpha value is -2.11. The molecule has 1 N–H and O–H groups in total. The van der Waals surface area contributed by atoms with Crippen LogP contribution in [0, 0.1) is 11.7 Å². The van der Waals surface area contributed by atoms with Gasteiger partial charge in [-0.2, -0.15) is 0 Å². The fourth-order valence-corrected chi connectivity index (χ4v) is 3.30. The first-order chi connectivity index (χ1) is 12.8. The molecule has 2 unspecified atom stereocenters. The predicted molar refractivity (Wildman–Crippen MR) is 99.2 cm³/mol. The van der Waals surface area contributed by atoms with E-state index in [0.29, 0.717) is 25.0 Å². The van der Waals surface area contributed by atoms with E-state index in [1.54, 1.807) is 0 Å². The molecule has 0 spiro atoms. The van der Waals surface area contributed by atoms with Gasteiger partial charge in [0.25, 0.3) is 0 Å². The second kappa shape index (κ2) is 9.55. The standard InChI is InChI=1S/C21H26FNO3/c1-2-24-15-26-20-5-3-4-19(12-20)25-14-17-13-23-11-10-21(17)16-6-8-18(22)9-7-16/h3-9,12,17,21,23H,2,10-11,13-15H2,1H3. The predicted octanol–water partition coefficient (Wildman–Crippen LogP) is 3.97. The van der Waals surface area contributed by atoms with Crippen LogP contribution in [-0.2, 0) is 4.74 Å². The molecule has 2 atom stereocenters. The minimum atomic E-state index is -0.195. The summed E-state index contributed by atoms with van der Waals surface area (Å²) in [7, 11) is 0. The van der Waals surface area contributed by atoms with Gasteiger partial charge in [-0.15, -0.1) is 0 Å². The number of hydrogen-bond acceptors (Lipinski definition) is 4. The van der Waals surface area contributed by atoms with Gasteiger partial charge in [0.15, 0.2) is 6.79 Å². The molecular formula is C21H26FNO3. The monoisotopic (exact) mass is 359 g/mol. The first-order valence-electron chi connectivity index (χ1n) is 9.16. The lowest BCUT2D eigenvalue weighted by molar-refractivity contribution is 0.0222. The van der Waals surface area contributed by atoms with E-state index in [2.05, 4.69) is 5.32 Å². The lowest BCUT2D eigenvalue weighted by Crippen LogP contribution is -2.38. The van der Waals surface area contributed by atoms with E-state index >= 15 is 0 Å². The van der Waals surface area contributed by atoms with E-state index in [4.69, 9.17) is 14.2 Å². The second-order valence-corrected chi connectivity index (χ2v) is 6.45. The maximum absolute atomic E-state index is 13.2. The molecule has 1 aliphatic rings. The molecule has 0 aliphatic carbocycles. The zero-order chi connectivity index (χ0) is 18.2. The van der Waals surface area contributed by atoms with E-state index in [1.165, 1.54) is 17.7 Å². The van der Waals surface area contributed by atoms with Gasteiger partial charge in [-0.3, -0.25) is 0 Å². The van der Waals surface area contributed by atoms with Crippen LogP contribution in [0.5, 0.6) is 11.5 Å². The molecule has 0 bridgehead atoms. The number of halogens is 1. The molecule has 1 saturated heterocycles. The Morgan fingerprint density at radius 1 is 1.08 bits per heavy atom. The van der Waals surface area contributed by atoms with Crippen LogP contribution in [0.25, 0.3) is 0 Å². The molecule has 140 valence electrons. The molecule has 3 rings (SSSR count). The minimum Gasteiger partial charge on any atom is -0.493 e. The van der Waals surface area contributed by atoms with Crippen LogP contribution >= 0.6 is 0 Å². The second-order valence-electron chi connectivity index (χ2n) is 6.45. The molecule has 26 heavy (non-hydrogen) atoms. The smallest absolute Gasteiger partial charge is 0.189 e. The van der Waals surface area contributed by atoms with Crippen molar-refractivity contribution in [1.82, 2.24) is 5.32 Å². The molecule has 0 aromatic heterocycles. The molecule has 2 aromatic rings. The van der Waals surface area contributed by atoms with Crippen molar-refractivity contribution >= 4 is 0 Å². The molecule has 0 radical (unpaired) electrons. The molecule has 1 heterocycles. The van der Waals surface area contributed by atoms with E-state index in [0.717, 1.165) is 31.0 Å². The van der Waals surface area contributed by atoms with Crippen LogP contribution in [0.4, 0.5) is 4.39 Å². The number of hydrogen-bond donors (Lipinski definition) is 1. The lowest BCUT2D eigenvalue weighted by Gasteiger charge is -2.32. The molecular weight excluding hydrogens is 333 g/mol. The number of nitrogens with one attached hydrogen (secondary N) is 1. The average Bonchev–Trinajstić information content (AvgIpc) is 2.68. The third-order valence-corrected chi connectivity index (χ3v) is 4.69. The van der Waals surface area contributed by atoms with Crippen LogP contribution in [0.1, 0.15) is 24.8 Å². The molecule has 2 aromatic carbocycles. The summed E-state index contributed by atoms with van der Waals surface area (Å²) >= 11 is 0. The van der Waals surface area contributed by atoms with Crippen molar-refractivity contribution in [2.24, 2.45) is 5.92 Å². The van der Waals surface area contributed by atoms with Crippen molar-refractivity contribution < 1.29 is 18.6 Å². The zero-order valence-corrected chi connectivity index (χ0v) is 15.1. The maximum Gasteiger partial charge on any atom is 0.189 e. The number of benzene rings is 2. The van der Waals surface area contributed by atoms with Crippen molar-refractivity contribution in [3.05, 3.63) is 59.9 Å². The van der Waals surface area contributed by atoms with Gasteiger partial charge in [-0.25, -0.2) is 4.39 Å². The van der Waals surface area contributed by atoms with Gasteiger partial charge in [0.05, 0.1) is 6.61 Å². The fourth-order valence-electron chi connectivity index (χ4n) is 3.30. The average molecular weight is 359 g/mol. The van der Waals surface area contributed by atoms with Crippen LogP contribution < -0.4 is 14.8 Å². The summed E-state index contributed by atoms with van der Waals surface area (Å²) in [6.07, 6.45) is 1.02. The van der Waals surface area contributed by atoms with Gasteiger partial charge in [0.2, 0.25) is 0 Å². The van der Waals surface area contributed by atoms with Gasteiger partial charge in [-0.1, -0.05) is 18.2 Å². The number of rotatable bonds is 8. The summed E-state index contributed by atoms with van der Waals surface area (Å²) in [4.78, 5) is 0. The van der Waals surface area contributed by atoms with Crippen molar-refractivity contribution in [3.63, 3.8) is 0 Å². The summed E-state index contributed by atoms with van der Waals surface area (Å²) in [6.45, 7) is 5.25. The van der Waals surface area contributed by atoms with Crippen LogP contribution in [0.2, 0.25) is 0 Å². The summed E-state index contributed by atoms with van der Waals surface area (Å²) < 4.78 is 30.0. The van der Waals surface area contributed by atoms with Crippen molar-refractivity contribution in [1.29, 1.82) is 0 Å². The quantitative estimate of drug-likeness (QED) is 0.572. The Bertz CT molecular complexity index is 677. The molecule has 0 saturated carbocycles. The molecule has 1 aliphatic heterocycles. The first kappa shape index (κ1) is 18.7. The van der Waals surface area contributed by atoms with E-state index in [-0.39, 0.29) is 12.6 Å². The van der Waals surface area contributed by atoms with Gasteiger partial charge in [-0.05, 0) is 55.6 Å². The maximum atomic E-state index is 13.2. The van der Waals surface area contributed by atoms with Crippen LogP contribution in [0.3, 0.4) is 0 Å². The Kier molecular flexibility index (Phi) is 6.86. The first-order valence-corrected chi connectivity index (χ1v) is 9.16. The Labute approximate surface area is 154 Å². The van der Waals surface area contributed by atoms with Gasteiger partial charge < -0.3 is 19.5 Å². The molecule has 5 heteroatoms. The summed E-state index contributed by atoms with van der Waals surface area (Å²) in [5.74, 6) is 2.02. The highest BCUT2D eigenvalue weighted by molar-refractivity contribution is 5.33. The zero-order valence-electron chi connectivity index (χ0n) is 15.1. The van der Waals surface area contributed by atoms with Gasteiger partial charge >= 0.3 is 0 Å². The van der Waals surface area contributed by atoms with E-state index < -0.39 is 0 Å². The highest BCUT2D eigenvalue weighted by Crippen LogP contribution is 2.31. The highest BCUT2D eigenvalue weighted by atomic mass is 19.1. The third kappa shape index (κ3) is 5.19. The highest BCUT2D eigenvalue weighted by Gasteiger charge is 2.27. The summed E-state index contributed by atoms with van der Waals surface area (Å²) in [5, 5.41) is 3.43. The van der Waals surface area contributed by atoms with Gasteiger partial charge in [0, 0.05) is 25.1 Å². The van der Waals surface area contributed by atoms with E-state index in [1.807, 2.05) is 43.3 Å². The van der Waals surface area contributed by atoms with Crippen molar-refractivity contribution in [2.45, 2.75) is 19.3 Å². The molecule has 1 fully saturated rings. The van der Waals surface area contributed by atoms with Crippen LogP contribution in [-0.4, -0.2) is 33.1 Å². The normalized spacial score (nSPS) is 19.9. The van der Waals surface area contributed by atoms with Gasteiger partial charge in [0.1, 0.15) is 17.3 Å². The van der Waals surface area contributed by atoms with Crippen molar-refractivity contribution in [3.8, 4) is 11.5 Å². The molecule has 4 nitrogen and oxygen atoms in total. The molecule has 0 amide bonds. The summed E-state index contributed by atoms with van der Waals surface area (Å²) in [5.41, 5.74) is 1.18. The lowest BCUT2D eigenvalue weighted by atomic mass is 9.81. The topological polar surface area (TPSA) is 39.7 Å². The Morgan fingerprint density at radius 2 is 1.85 bits per heavy atom. The number of piperidine rings is 1. The Morgan fingerprint density at radius 3 is 2.62 bits per heavy atom. The number of ether oxygens (including phenoxy) is 3. The Balaban J connectivity index is 1.60. The fraction of sp³-hybridized carbons (Fsp3) is 0.429. The van der Waals surface area contributed by atoms with E-state index in [9.17, 15) is 4.39 Å². The third-order valence-electron chi connectivity index (χ3n) is 4.69. The minimum absolute atomic E-state index is 0.195. The summed E-state index contributed by atoms with van der Waals surface area (Å²) in [6, 6.07) is 14.4. The SMILES string of the molecule is CCOCOc1cccc(OCC2CNCCC2c2ccc(F)cc2)c1. The van der Waals surface area contributed by atoms with Crippen molar-refractivity contribution in [2.75, 3.05) is 33.1 Å².